The fraction of sp³-hybridized carbons (Fsp3) is 0.231. The predicted molar refractivity (Wildman–Crippen MR) is 62.8 cm³/mol. The fourth-order valence-corrected chi connectivity index (χ4v) is 1.83. The normalized spacial score (nSPS) is 15.2. The molecule has 0 saturated heterocycles. The maximum absolute atomic E-state index is 11.2. The zero-order valence-corrected chi connectivity index (χ0v) is 8.97. The largest absolute Gasteiger partial charge is 0.366 e. The highest BCUT2D eigenvalue weighted by Gasteiger charge is 2.12. The van der Waals surface area contributed by atoms with Gasteiger partial charge in [-0.25, -0.2) is 0 Å². The van der Waals surface area contributed by atoms with E-state index < -0.39 is 5.91 Å². The molecule has 0 atom stereocenters. The molecule has 1 amide bonds. The summed E-state index contributed by atoms with van der Waals surface area (Å²) in [5.74, 6) is -0.0892. The van der Waals surface area contributed by atoms with E-state index >= 15 is 0 Å². The zero-order chi connectivity index (χ0) is 11.4. The summed E-state index contributed by atoms with van der Waals surface area (Å²) in [5, 5.41) is 0. The number of hydrogen-bond acceptors (Lipinski definition) is 2. The van der Waals surface area contributed by atoms with E-state index in [-0.39, 0.29) is 0 Å². The summed E-state index contributed by atoms with van der Waals surface area (Å²) >= 11 is 0. The molecular formula is C13H14N2O. The van der Waals surface area contributed by atoms with Crippen LogP contribution in [0.5, 0.6) is 0 Å². The van der Waals surface area contributed by atoms with Crippen molar-refractivity contribution in [1.82, 2.24) is 4.98 Å². The first-order valence-electron chi connectivity index (χ1n) is 5.34. The molecule has 82 valence electrons. The quantitative estimate of drug-likeness (QED) is 0.781. The van der Waals surface area contributed by atoms with Crippen LogP contribution in [0.4, 0.5) is 0 Å². The fourth-order valence-electron chi connectivity index (χ4n) is 1.83. The second-order valence-corrected chi connectivity index (χ2v) is 3.82. The zero-order valence-electron chi connectivity index (χ0n) is 8.97. The standard InChI is InChI=1S/C13H14N2O/c14-13(16)11-7-4-8-15-12(11)9-10-5-2-1-3-6-10/h2-8,10H,1,9H2,(H2,14,16). The molecule has 3 nitrogen and oxygen atoms in total. The Balaban J connectivity index is 2.20. The molecule has 0 bridgehead atoms. The summed E-state index contributed by atoms with van der Waals surface area (Å²) in [6, 6.07) is 3.46. The Labute approximate surface area is 94.7 Å². The van der Waals surface area contributed by atoms with E-state index in [0.717, 1.165) is 18.5 Å². The summed E-state index contributed by atoms with van der Waals surface area (Å²) in [7, 11) is 0. The molecule has 2 N–H and O–H groups in total. The monoisotopic (exact) mass is 214 g/mol. The Kier molecular flexibility index (Phi) is 3.15. The molecule has 0 saturated carbocycles. The van der Waals surface area contributed by atoms with E-state index in [1.807, 2.05) is 0 Å². The van der Waals surface area contributed by atoms with Gasteiger partial charge in [-0.1, -0.05) is 24.3 Å². The van der Waals surface area contributed by atoms with Crippen LogP contribution in [0.25, 0.3) is 0 Å². The lowest BCUT2D eigenvalue weighted by Crippen LogP contribution is -2.16. The number of aromatic nitrogens is 1. The van der Waals surface area contributed by atoms with Gasteiger partial charge in [0.25, 0.3) is 5.91 Å². The minimum absolute atomic E-state index is 0.321. The van der Waals surface area contributed by atoms with E-state index in [4.69, 9.17) is 5.73 Å². The van der Waals surface area contributed by atoms with Gasteiger partial charge < -0.3 is 5.73 Å². The second-order valence-electron chi connectivity index (χ2n) is 3.82. The molecule has 2 rings (SSSR count). The topological polar surface area (TPSA) is 56.0 Å². The van der Waals surface area contributed by atoms with Gasteiger partial charge in [-0.2, -0.15) is 0 Å². The van der Waals surface area contributed by atoms with Crippen LogP contribution in [0.2, 0.25) is 0 Å². The second kappa shape index (κ2) is 4.75. The summed E-state index contributed by atoms with van der Waals surface area (Å²) in [6.07, 6.45) is 11.9. The highest BCUT2D eigenvalue weighted by molar-refractivity contribution is 5.93. The molecule has 0 radical (unpaired) electrons. The summed E-state index contributed by atoms with van der Waals surface area (Å²) < 4.78 is 0. The summed E-state index contributed by atoms with van der Waals surface area (Å²) in [6.45, 7) is 0. The highest BCUT2D eigenvalue weighted by Crippen LogP contribution is 2.16. The molecule has 1 aromatic rings. The maximum Gasteiger partial charge on any atom is 0.250 e. The van der Waals surface area contributed by atoms with E-state index in [9.17, 15) is 4.79 Å². The van der Waals surface area contributed by atoms with Crippen molar-refractivity contribution in [2.45, 2.75) is 12.8 Å². The number of allylic oxidation sites excluding steroid dienone is 4. The van der Waals surface area contributed by atoms with Crippen molar-refractivity contribution in [3.63, 3.8) is 0 Å². The number of nitrogens with zero attached hydrogens (tertiary/aromatic N) is 1. The molecule has 1 aliphatic carbocycles. The molecule has 1 aliphatic rings. The van der Waals surface area contributed by atoms with Gasteiger partial charge in [0.1, 0.15) is 0 Å². The molecule has 3 heteroatoms. The molecule has 1 heterocycles. The van der Waals surface area contributed by atoms with E-state index in [1.165, 1.54) is 0 Å². The first kappa shape index (κ1) is 10.6. The first-order valence-corrected chi connectivity index (χ1v) is 5.34. The number of hydrogen-bond donors (Lipinski definition) is 1. The molecule has 16 heavy (non-hydrogen) atoms. The number of carbonyl (C=O) groups excluding carboxylic acids is 1. The molecule has 0 aromatic carbocycles. The van der Waals surface area contributed by atoms with Gasteiger partial charge >= 0.3 is 0 Å². The Morgan fingerprint density at radius 3 is 2.88 bits per heavy atom. The van der Waals surface area contributed by atoms with Gasteiger partial charge in [-0.3, -0.25) is 9.78 Å². The Bertz CT molecular complexity index is 437. The molecule has 0 unspecified atom stereocenters. The summed E-state index contributed by atoms with van der Waals surface area (Å²) in [5.41, 5.74) is 6.60. The van der Waals surface area contributed by atoms with Gasteiger partial charge in [-0.05, 0) is 18.6 Å². The van der Waals surface area contributed by atoms with Crippen LogP contribution >= 0.6 is 0 Å². The number of primary amides is 1. The van der Waals surface area contributed by atoms with Gasteiger partial charge in [0.2, 0.25) is 0 Å². The van der Waals surface area contributed by atoms with Crippen LogP contribution in [-0.2, 0) is 6.42 Å². The van der Waals surface area contributed by atoms with Crippen molar-refractivity contribution in [2.24, 2.45) is 11.7 Å². The third kappa shape index (κ3) is 2.37. The van der Waals surface area contributed by atoms with Crippen LogP contribution in [0.3, 0.4) is 0 Å². The molecule has 0 spiro atoms. The smallest absolute Gasteiger partial charge is 0.250 e. The van der Waals surface area contributed by atoms with Crippen molar-refractivity contribution in [3.8, 4) is 0 Å². The lowest BCUT2D eigenvalue weighted by Gasteiger charge is -2.12. The Morgan fingerprint density at radius 1 is 1.44 bits per heavy atom. The van der Waals surface area contributed by atoms with Crippen LogP contribution in [0.15, 0.2) is 42.6 Å². The van der Waals surface area contributed by atoms with E-state index in [0.29, 0.717) is 11.5 Å². The minimum Gasteiger partial charge on any atom is -0.366 e. The number of rotatable bonds is 3. The lowest BCUT2D eigenvalue weighted by atomic mass is 9.96. The lowest BCUT2D eigenvalue weighted by molar-refractivity contribution is 0.0999. The van der Waals surface area contributed by atoms with Crippen molar-refractivity contribution >= 4 is 5.91 Å². The van der Waals surface area contributed by atoms with Crippen LogP contribution in [0, 0.1) is 5.92 Å². The maximum atomic E-state index is 11.2. The van der Waals surface area contributed by atoms with Crippen molar-refractivity contribution in [1.29, 1.82) is 0 Å². The third-order valence-corrected chi connectivity index (χ3v) is 2.62. The molecule has 0 aliphatic heterocycles. The van der Waals surface area contributed by atoms with E-state index in [2.05, 4.69) is 29.3 Å². The van der Waals surface area contributed by atoms with Crippen molar-refractivity contribution < 1.29 is 4.79 Å². The first-order chi connectivity index (χ1) is 7.77. The minimum atomic E-state index is -0.410. The average molecular weight is 214 g/mol. The predicted octanol–water partition coefficient (Wildman–Crippen LogP) is 1.86. The Hall–Kier alpha value is -1.90. The average Bonchev–Trinajstić information content (AvgIpc) is 2.31. The number of carbonyl (C=O) groups is 1. The molecular weight excluding hydrogens is 200 g/mol. The number of nitrogens with two attached hydrogens (primary N) is 1. The van der Waals surface area contributed by atoms with Gasteiger partial charge in [-0.15, -0.1) is 0 Å². The number of pyridine rings is 1. The van der Waals surface area contributed by atoms with E-state index in [1.54, 1.807) is 18.3 Å². The van der Waals surface area contributed by atoms with Gasteiger partial charge in [0, 0.05) is 18.5 Å². The number of amides is 1. The van der Waals surface area contributed by atoms with Crippen LogP contribution < -0.4 is 5.73 Å². The molecule has 1 aromatic heterocycles. The highest BCUT2D eigenvalue weighted by atomic mass is 16.1. The van der Waals surface area contributed by atoms with Crippen molar-refractivity contribution in [2.75, 3.05) is 0 Å². The van der Waals surface area contributed by atoms with Crippen LogP contribution in [0.1, 0.15) is 22.5 Å². The third-order valence-electron chi connectivity index (χ3n) is 2.62. The van der Waals surface area contributed by atoms with Gasteiger partial charge in [0.05, 0.1) is 11.3 Å². The Morgan fingerprint density at radius 2 is 2.19 bits per heavy atom. The molecule has 0 fully saturated rings. The van der Waals surface area contributed by atoms with Gasteiger partial charge in [0.15, 0.2) is 0 Å². The summed E-state index contributed by atoms with van der Waals surface area (Å²) in [4.78, 5) is 15.4. The van der Waals surface area contributed by atoms with Crippen LogP contribution in [-0.4, -0.2) is 10.9 Å². The van der Waals surface area contributed by atoms with Crippen molar-refractivity contribution in [3.05, 3.63) is 53.9 Å². The SMILES string of the molecule is NC(=O)c1cccnc1CC1C=CCC=C1.